The summed E-state index contributed by atoms with van der Waals surface area (Å²) in [6.45, 7) is 2.03. The van der Waals surface area contributed by atoms with Crippen molar-refractivity contribution in [3.8, 4) is 23.0 Å². The van der Waals surface area contributed by atoms with Crippen LogP contribution < -0.4 is 25.1 Å². The SMILES string of the molecule is COc1cccc(OC2C(C)NNC2c2ccc(OC)cc2O)c1. The third kappa shape index (κ3) is 3.25. The van der Waals surface area contributed by atoms with E-state index in [9.17, 15) is 5.11 Å². The Morgan fingerprint density at radius 1 is 0.917 bits per heavy atom. The van der Waals surface area contributed by atoms with Gasteiger partial charge in [0.05, 0.1) is 26.3 Å². The highest BCUT2D eigenvalue weighted by atomic mass is 16.5. The molecular weight excluding hydrogens is 308 g/mol. The molecule has 1 aliphatic rings. The first-order chi connectivity index (χ1) is 11.6. The largest absolute Gasteiger partial charge is 0.507 e. The Balaban J connectivity index is 1.85. The van der Waals surface area contributed by atoms with E-state index in [1.807, 2.05) is 43.3 Å². The maximum atomic E-state index is 10.3. The van der Waals surface area contributed by atoms with Crippen molar-refractivity contribution in [3.05, 3.63) is 48.0 Å². The predicted molar refractivity (Wildman–Crippen MR) is 90.5 cm³/mol. The van der Waals surface area contributed by atoms with Gasteiger partial charge in [-0.3, -0.25) is 5.43 Å². The first kappa shape index (κ1) is 16.4. The van der Waals surface area contributed by atoms with Crippen LogP contribution in [0.1, 0.15) is 18.5 Å². The Morgan fingerprint density at radius 3 is 2.33 bits per heavy atom. The summed E-state index contributed by atoms with van der Waals surface area (Å²) in [6.07, 6.45) is -0.198. The number of rotatable bonds is 5. The molecule has 2 aromatic rings. The lowest BCUT2D eigenvalue weighted by atomic mass is 9.98. The number of nitrogens with one attached hydrogen (secondary N) is 2. The van der Waals surface area contributed by atoms with E-state index >= 15 is 0 Å². The minimum atomic E-state index is -0.198. The third-order valence-electron chi connectivity index (χ3n) is 4.17. The van der Waals surface area contributed by atoms with Gasteiger partial charge in [0.1, 0.15) is 29.1 Å². The van der Waals surface area contributed by atoms with Gasteiger partial charge in [0.15, 0.2) is 0 Å². The van der Waals surface area contributed by atoms with Crippen LogP contribution in [0, 0.1) is 0 Å². The minimum Gasteiger partial charge on any atom is -0.507 e. The van der Waals surface area contributed by atoms with E-state index in [2.05, 4.69) is 10.9 Å². The summed E-state index contributed by atoms with van der Waals surface area (Å²) >= 11 is 0. The van der Waals surface area contributed by atoms with Crippen LogP contribution in [0.2, 0.25) is 0 Å². The van der Waals surface area contributed by atoms with Gasteiger partial charge in [0.2, 0.25) is 0 Å². The standard InChI is InChI=1S/C18H22N2O4/c1-11-18(24-14-6-4-5-12(9-14)22-2)17(20-19-11)15-8-7-13(23-3)10-16(15)21/h4-11,17-21H,1-3H3. The number of phenolic OH excluding ortho intramolecular Hbond substituents is 1. The Bertz CT molecular complexity index is 707. The molecule has 1 heterocycles. The zero-order valence-corrected chi connectivity index (χ0v) is 13.9. The second-order valence-corrected chi connectivity index (χ2v) is 5.74. The summed E-state index contributed by atoms with van der Waals surface area (Å²) < 4.78 is 16.5. The fraction of sp³-hybridized carbons (Fsp3) is 0.333. The number of benzene rings is 2. The average Bonchev–Trinajstić information content (AvgIpc) is 2.95. The number of hydrogen-bond acceptors (Lipinski definition) is 6. The number of phenols is 1. The van der Waals surface area contributed by atoms with E-state index in [-0.39, 0.29) is 23.9 Å². The first-order valence-corrected chi connectivity index (χ1v) is 7.81. The van der Waals surface area contributed by atoms with Gasteiger partial charge in [-0.25, -0.2) is 5.43 Å². The molecule has 3 rings (SSSR count). The lowest BCUT2D eigenvalue weighted by Gasteiger charge is -2.24. The summed E-state index contributed by atoms with van der Waals surface area (Å²) in [7, 11) is 3.19. The summed E-state index contributed by atoms with van der Waals surface area (Å²) in [5.74, 6) is 2.24. The summed E-state index contributed by atoms with van der Waals surface area (Å²) in [6, 6.07) is 12.6. The monoisotopic (exact) mass is 330 g/mol. The van der Waals surface area contributed by atoms with Crippen molar-refractivity contribution in [2.75, 3.05) is 14.2 Å². The van der Waals surface area contributed by atoms with Crippen LogP contribution in [-0.2, 0) is 0 Å². The van der Waals surface area contributed by atoms with Crippen LogP contribution in [0.15, 0.2) is 42.5 Å². The highest BCUT2D eigenvalue weighted by Crippen LogP contribution is 2.34. The molecule has 0 aromatic heterocycles. The Kier molecular flexibility index (Phi) is 4.78. The summed E-state index contributed by atoms with van der Waals surface area (Å²) in [5.41, 5.74) is 7.12. The fourth-order valence-corrected chi connectivity index (χ4v) is 2.84. The molecule has 0 amide bonds. The van der Waals surface area contributed by atoms with Gasteiger partial charge < -0.3 is 19.3 Å². The third-order valence-corrected chi connectivity index (χ3v) is 4.17. The van der Waals surface area contributed by atoms with Crippen LogP contribution in [0.5, 0.6) is 23.0 Å². The number of ether oxygens (including phenoxy) is 3. The van der Waals surface area contributed by atoms with Gasteiger partial charge in [-0.1, -0.05) is 6.07 Å². The summed E-state index contributed by atoms with van der Waals surface area (Å²) in [5, 5.41) is 10.3. The Hall–Kier alpha value is -2.44. The molecular formula is C18H22N2O4. The molecule has 6 nitrogen and oxygen atoms in total. The van der Waals surface area contributed by atoms with Gasteiger partial charge in [0, 0.05) is 17.7 Å². The molecule has 24 heavy (non-hydrogen) atoms. The second-order valence-electron chi connectivity index (χ2n) is 5.74. The molecule has 1 aliphatic heterocycles. The van der Waals surface area contributed by atoms with Crippen LogP contribution in [-0.4, -0.2) is 31.5 Å². The minimum absolute atomic E-state index is 0.0581. The lowest BCUT2D eigenvalue weighted by Crippen LogP contribution is -2.33. The molecule has 128 valence electrons. The van der Waals surface area contributed by atoms with Gasteiger partial charge in [0.25, 0.3) is 0 Å². The van der Waals surface area contributed by atoms with E-state index in [0.717, 1.165) is 17.1 Å². The van der Waals surface area contributed by atoms with E-state index in [4.69, 9.17) is 14.2 Å². The molecule has 0 spiro atoms. The molecule has 3 atom stereocenters. The van der Waals surface area contributed by atoms with Crippen molar-refractivity contribution < 1.29 is 19.3 Å². The average molecular weight is 330 g/mol. The number of hydrogen-bond donors (Lipinski definition) is 3. The van der Waals surface area contributed by atoms with Gasteiger partial charge in [-0.05, 0) is 31.2 Å². The number of hydrazine groups is 1. The molecule has 0 radical (unpaired) electrons. The van der Waals surface area contributed by atoms with Crippen LogP contribution in [0.3, 0.4) is 0 Å². The molecule has 0 aliphatic carbocycles. The van der Waals surface area contributed by atoms with Gasteiger partial charge in [-0.2, -0.15) is 0 Å². The van der Waals surface area contributed by atoms with Crippen molar-refractivity contribution in [2.45, 2.75) is 25.1 Å². The lowest BCUT2D eigenvalue weighted by molar-refractivity contribution is 0.170. The number of methoxy groups -OCH3 is 2. The first-order valence-electron chi connectivity index (χ1n) is 7.81. The van der Waals surface area contributed by atoms with Crippen LogP contribution in [0.25, 0.3) is 0 Å². The Morgan fingerprint density at radius 2 is 1.62 bits per heavy atom. The topological polar surface area (TPSA) is 72.0 Å². The predicted octanol–water partition coefficient (Wildman–Crippen LogP) is 2.39. The van der Waals surface area contributed by atoms with Crippen molar-refractivity contribution in [3.63, 3.8) is 0 Å². The number of aromatic hydroxyl groups is 1. The van der Waals surface area contributed by atoms with E-state index < -0.39 is 0 Å². The molecule has 6 heteroatoms. The molecule has 0 saturated carbocycles. The molecule has 3 unspecified atom stereocenters. The molecule has 1 saturated heterocycles. The van der Waals surface area contributed by atoms with E-state index in [1.165, 1.54) is 0 Å². The van der Waals surface area contributed by atoms with E-state index in [1.54, 1.807) is 20.3 Å². The van der Waals surface area contributed by atoms with E-state index in [0.29, 0.717) is 5.75 Å². The van der Waals surface area contributed by atoms with Crippen molar-refractivity contribution in [1.82, 2.24) is 10.9 Å². The zero-order chi connectivity index (χ0) is 17.1. The summed E-state index contributed by atoms with van der Waals surface area (Å²) in [4.78, 5) is 0. The van der Waals surface area contributed by atoms with Gasteiger partial charge >= 0.3 is 0 Å². The van der Waals surface area contributed by atoms with Crippen LogP contribution >= 0.6 is 0 Å². The normalized spacial score (nSPS) is 23.0. The molecule has 3 N–H and O–H groups in total. The maximum absolute atomic E-state index is 10.3. The fourth-order valence-electron chi connectivity index (χ4n) is 2.84. The van der Waals surface area contributed by atoms with Crippen molar-refractivity contribution in [1.29, 1.82) is 0 Å². The molecule has 0 bridgehead atoms. The van der Waals surface area contributed by atoms with Gasteiger partial charge in [-0.15, -0.1) is 0 Å². The Labute approximate surface area is 141 Å². The molecule has 1 fully saturated rings. The highest BCUT2D eigenvalue weighted by Gasteiger charge is 2.37. The van der Waals surface area contributed by atoms with Crippen molar-refractivity contribution >= 4 is 0 Å². The molecule has 2 aromatic carbocycles. The quantitative estimate of drug-likeness (QED) is 0.782. The van der Waals surface area contributed by atoms with Crippen LogP contribution in [0.4, 0.5) is 0 Å². The zero-order valence-electron chi connectivity index (χ0n) is 13.9. The maximum Gasteiger partial charge on any atom is 0.136 e. The second kappa shape index (κ2) is 6.98. The highest BCUT2D eigenvalue weighted by molar-refractivity contribution is 5.43. The van der Waals surface area contributed by atoms with Crippen molar-refractivity contribution in [2.24, 2.45) is 0 Å². The smallest absolute Gasteiger partial charge is 0.136 e.